The highest BCUT2D eigenvalue weighted by atomic mass is 16.3. The van der Waals surface area contributed by atoms with E-state index < -0.39 is 11.4 Å². The molecule has 1 rings (SSSR count). The Morgan fingerprint density at radius 1 is 1.56 bits per heavy atom. The molecule has 1 aromatic rings. The Bertz CT molecular complexity index is 352. The lowest BCUT2D eigenvalue weighted by molar-refractivity contribution is -0.119. The maximum absolute atomic E-state index is 11.4. The normalized spacial score (nSPS) is 11.9. The molecule has 0 saturated carbocycles. The number of amides is 1. The summed E-state index contributed by atoms with van der Waals surface area (Å²) in [5.74, 6) is 0.159. The molecule has 0 saturated heterocycles. The molecule has 3 N–H and O–H groups in total. The van der Waals surface area contributed by atoms with Crippen molar-refractivity contribution in [2.45, 2.75) is 12.5 Å². The Morgan fingerprint density at radius 2 is 2.25 bits per heavy atom. The van der Waals surface area contributed by atoms with Crippen molar-refractivity contribution in [2.75, 3.05) is 13.2 Å². The molecule has 0 aliphatic carbocycles. The van der Waals surface area contributed by atoms with Crippen molar-refractivity contribution < 1.29 is 19.4 Å². The van der Waals surface area contributed by atoms with Gasteiger partial charge in [0, 0.05) is 6.08 Å². The van der Waals surface area contributed by atoms with E-state index in [4.69, 9.17) is 14.6 Å². The van der Waals surface area contributed by atoms with E-state index in [0.29, 0.717) is 5.76 Å². The van der Waals surface area contributed by atoms with Gasteiger partial charge in [-0.1, -0.05) is 0 Å². The van der Waals surface area contributed by atoms with Crippen molar-refractivity contribution in [3.05, 3.63) is 30.2 Å². The van der Waals surface area contributed by atoms with Crippen molar-refractivity contribution in [3.8, 4) is 0 Å². The fraction of sp³-hybridized carbons (Fsp3) is 0.364. The molecule has 88 valence electrons. The lowest BCUT2D eigenvalue weighted by Gasteiger charge is -2.25. The van der Waals surface area contributed by atoms with Gasteiger partial charge >= 0.3 is 0 Å². The third-order valence-electron chi connectivity index (χ3n) is 2.07. The van der Waals surface area contributed by atoms with Gasteiger partial charge in [-0.15, -0.1) is 0 Å². The van der Waals surface area contributed by atoms with Crippen molar-refractivity contribution in [1.29, 1.82) is 0 Å². The SMILES string of the molecule is CC(CO)(CO)NC(=O)/C=C/c1ccco1. The Hall–Kier alpha value is -1.59. The number of aliphatic hydroxyl groups excluding tert-OH is 2. The van der Waals surface area contributed by atoms with Gasteiger partial charge in [0.1, 0.15) is 5.76 Å². The molecule has 0 aromatic carbocycles. The van der Waals surface area contributed by atoms with E-state index in [0.717, 1.165) is 0 Å². The lowest BCUT2D eigenvalue weighted by Crippen LogP contribution is -2.51. The zero-order valence-corrected chi connectivity index (χ0v) is 9.01. The molecule has 0 bridgehead atoms. The van der Waals surface area contributed by atoms with Crippen molar-refractivity contribution >= 4 is 12.0 Å². The standard InChI is InChI=1S/C11H15NO4/c1-11(7-13,8-14)12-10(15)5-4-9-3-2-6-16-9/h2-6,13-14H,7-8H2,1H3,(H,12,15)/b5-4+. The quantitative estimate of drug-likeness (QED) is 0.623. The van der Waals surface area contributed by atoms with Crippen LogP contribution in [-0.4, -0.2) is 34.9 Å². The summed E-state index contributed by atoms with van der Waals surface area (Å²) in [6.45, 7) is 0.888. The van der Waals surface area contributed by atoms with Crippen molar-refractivity contribution in [3.63, 3.8) is 0 Å². The van der Waals surface area contributed by atoms with Crippen LogP contribution in [0.1, 0.15) is 12.7 Å². The Labute approximate surface area is 93.4 Å². The number of nitrogens with one attached hydrogen (secondary N) is 1. The Kier molecular flexibility index (Phi) is 4.28. The average Bonchev–Trinajstić information content (AvgIpc) is 2.79. The van der Waals surface area contributed by atoms with Crippen molar-refractivity contribution in [1.82, 2.24) is 5.32 Å². The highest BCUT2D eigenvalue weighted by molar-refractivity contribution is 5.91. The third kappa shape index (κ3) is 3.52. The van der Waals surface area contributed by atoms with Crippen LogP contribution in [0.25, 0.3) is 6.08 Å². The van der Waals surface area contributed by atoms with Crippen LogP contribution in [0.5, 0.6) is 0 Å². The van der Waals surface area contributed by atoms with E-state index in [9.17, 15) is 4.79 Å². The van der Waals surface area contributed by atoms with Crippen LogP contribution in [0.2, 0.25) is 0 Å². The first-order valence-electron chi connectivity index (χ1n) is 4.85. The molecule has 0 aliphatic heterocycles. The van der Waals surface area contributed by atoms with Crippen LogP contribution in [0.4, 0.5) is 0 Å². The van der Waals surface area contributed by atoms with Crippen LogP contribution >= 0.6 is 0 Å². The molecule has 0 fully saturated rings. The summed E-state index contributed by atoms with van der Waals surface area (Å²) in [4.78, 5) is 11.4. The molecular weight excluding hydrogens is 210 g/mol. The van der Waals surface area contributed by atoms with Gasteiger partial charge < -0.3 is 19.9 Å². The van der Waals surface area contributed by atoms with Gasteiger partial charge in [0.25, 0.3) is 0 Å². The minimum Gasteiger partial charge on any atom is -0.465 e. The third-order valence-corrected chi connectivity index (χ3v) is 2.07. The Morgan fingerprint density at radius 3 is 2.75 bits per heavy atom. The summed E-state index contributed by atoms with van der Waals surface area (Å²) in [6, 6.07) is 3.42. The van der Waals surface area contributed by atoms with Gasteiger partial charge in [-0.25, -0.2) is 0 Å². The second-order valence-corrected chi connectivity index (χ2v) is 3.71. The molecule has 5 heteroatoms. The summed E-state index contributed by atoms with van der Waals surface area (Å²) in [7, 11) is 0. The molecule has 16 heavy (non-hydrogen) atoms. The van der Waals surface area contributed by atoms with E-state index in [2.05, 4.69) is 5.32 Å². The molecule has 1 amide bonds. The van der Waals surface area contributed by atoms with Crippen LogP contribution in [0, 0.1) is 0 Å². The largest absolute Gasteiger partial charge is 0.465 e. The van der Waals surface area contributed by atoms with Gasteiger partial charge in [0.2, 0.25) is 5.91 Å². The van der Waals surface area contributed by atoms with E-state index in [-0.39, 0.29) is 13.2 Å². The molecule has 0 aliphatic rings. The highest BCUT2D eigenvalue weighted by Crippen LogP contribution is 2.04. The van der Waals surface area contributed by atoms with E-state index in [1.54, 1.807) is 19.1 Å². The summed E-state index contributed by atoms with van der Waals surface area (Å²) >= 11 is 0. The van der Waals surface area contributed by atoms with Crippen LogP contribution in [0.3, 0.4) is 0 Å². The summed E-state index contributed by atoms with van der Waals surface area (Å²) in [5, 5.41) is 20.4. The fourth-order valence-electron chi connectivity index (χ4n) is 1.01. The predicted octanol–water partition coefficient (Wildman–Crippen LogP) is 0.152. The second kappa shape index (κ2) is 5.48. The monoisotopic (exact) mass is 225 g/mol. The molecule has 0 spiro atoms. The molecule has 0 unspecified atom stereocenters. The molecule has 1 heterocycles. The highest BCUT2D eigenvalue weighted by Gasteiger charge is 2.23. The number of carbonyl (C=O) groups excluding carboxylic acids is 1. The van der Waals surface area contributed by atoms with Gasteiger partial charge in [-0.2, -0.15) is 0 Å². The number of hydrogen-bond acceptors (Lipinski definition) is 4. The minimum atomic E-state index is -1.01. The number of furan rings is 1. The maximum Gasteiger partial charge on any atom is 0.244 e. The van der Waals surface area contributed by atoms with Crippen LogP contribution in [-0.2, 0) is 4.79 Å². The number of aliphatic hydroxyl groups is 2. The number of carbonyl (C=O) groups is 1. The smallest absolute Gasteiger partial charge is 0.244 e. The first-order valence-corrected chi connectivity index (χ1v) is 4.85. The molecule has 1 aromatic heterocycles. The summed E-state index contributed by atoms with van der Waals surface area (Å²) in [6.07, 6.45) is 4.29. The van der Waals surface area contributed by atoms with Crippen LogP contribution < -0.4 is 5.32 Å². The Balaban J connectivity index is 2.53. The lowest BCUT2D eigenvalue weighted by atomic mass is 10.1. The molecule has 0 atom stereocenters. The first kappa shape index (κ1) is 12.5. The van der Waals surface area contributed by atoms with Crippen molar-refractivity contribution in [2.24, 2.45) is 0 Å². The maximum atomic E-state index is 11.4. The zero-order chi connectivity index (χ0) is 12.0. The van der Waals surface area contributed by atoms with Gasteiger partial charge in [-0.05, 0) is 25.1 Å². The van der Waals surface area contributed by atoms with E-state index >= 15 is 0 Å². The summed E-state index contributed by atoms with van der Waals surface area (Å²) < 4.78 is 5.00. The van der Waals surface area contributed by atoms with Gasteiger partial charge in [0.15, 0.2) is 0 Å². The fourth-order valence-corrected chi connectivity index (χ4v) is 1.01. The number of hydrogen-bond donors (Lipinski definition) is 3. The zero-order valence-electron chi connectivity index (χ0n) is 9.01. The van der Waals surface area contributed by atoms with E-state index in [1.165, 1.54) is 18.4 Å². The predicted molar refractivity (Wildman–Crippen MR) is 58.5 cm³/mol. The molecular formula is C11H15NO4. The van der Waals surface area contributed by atoms with Gasteiger partial charge in [-0.3, -0.25) is 4.79 Å². The molecule has 0 radical (unpaired) electrons. The average molecular weight is 225 g/mol. The number of rotatable bonds is 5. The topological polar surface area (TPSA) is 82.7 Å². The van der Waals surface area contributed by atoms with Gasteiger partial charge in [0.05, 0.1) is 25.0 Å². The van der Waals surface area contributed by atoms with E-state index in [1.807, 2.05) is 0 Å². The minimum absolute atomic E-state index is 0.330. The summed E-state index contributed by atoms with van der Waals surface area (Å²) in [5.41, 5.74) is -1.01. The first-order chi connectivity index (χ1) is 7.59. The second-order valence-electron chi connectivity index (χ2n) is 3.71. The van der Waals surface area contributed by atoms with Crippen LogP contribution in [0.15, 0.2) is 28.9 Å². The molecule has 5 nitrogen and oxygen atoms in total.